The molecule has 112 valence electrons. The fourth-order valence-corrected chi connectivity index (χ4v) is 3.08. The van der Waals surface area contributed by atoms with Crippen molar-refractivity contribution in [2.45, 2.75) is 12.5 Å². The molecule has 22 heavy (non-hydrogen) atoms. The van der Waals surface area contributed by atoms with Crippen LogP contribution in [-0.4, -0.2) is 29.6 Å². The third-order valence-corrected chi connectivity index (χ3v) is 4.22. The lowest BCUT2D eigenvalue weighted by molar-refractivity contribution is 0.418. The summed E-state index contributed by atoms with van der Waals surface area (Å²) in [6, 6.07) is 17.2. The van der Waals surface area contributed by atoms with Crippen molar-refractivity contribution in [3.63, 3.8) is 0 Å². The number of benzene rings is 2. The van der Waals surface area contributed by atoms with Crippen molar-refractivity contribution >= 4 is 11.0 Å². The first-order valence-corrected chi connectivity index (χ1v) is 7.86. The first-order chi connectivity index (χ1) is 10.9. The number of nitrogens with one attached hydrogen (secondary N) is 3. The zero-order chi connectivity index (χ0) is 14.8. The Morgan fingerprint density at radius 2 is 1.91 bits per heavy atom. The van der Waals surface area contributed by atoms with E-state index in [1.807, 2.05) is 0 Å². The highest BCUT2D eigenvalue weighted by Crippen LogP contribution is 2.22. The predicted octanol–water partition coefficient (Wildman–Crippen LogP) is 2.39. The summed E-state index contributed by atoms with van der Waals surface area (Å²) in [5.74, 6) is 1.03. The molecular weight excluding hydrogens is 272 g/mol. The molecule has 1 aliphatic rings. The Labute approximate surface area is 130 Å². The smallest absolute Gasteiger partial charge is 0.125 e. The Morgan fingerprint density at radius 3 is 2.73 bits per heavy atom. The molecule has 1 unspecified atom stereocenters. The van der Waals surface area contributed by atoms with Gasteiger partial charge in [-0.2, -0.15) is 0 Å². The van der Waals surface area contributed by atoms with Gasteiger partial charge in [0.05, 0.1) is 17.1 Å². The Morgan fingerprint density at radius 1 is 1.00 bits per heavy atom. The van der Waals surface area contributed by atoms with Gasteiger partial charge in [-0.3, -0.25) is 0 Å². The summed E-state index contributed by atoms with van der Waals surface area (Å²) in [5, 5.41) is 6.92. The van der Waals surface area contributed by atoms with Crippen molar-refractivity contribution in [1.29, 1.82) is 0 Å². The van der Waals surface area contributed by atoms with Crippen molar-refractivity contribution < 1.29 is 0 Å². The van der Waals surface area contributed by atoms with Gasteiger partial charge in [0.1, 0.15) is 5.82 Å². The maximum absolute atomic E-state index is 4.87. The van der Waals surface area contributed by atoms with E-state index in [1.54, 1.807) is 0 Å². The van der Waals surface area contributed by atoms with Crippen LogP contribution in [0.3, 0.4) is 0 Å². The molecule has 4 rings (SSSR count). The number of H-pyrrole nitrogens is 1. The van der Waals surface area contributed by atoms with Crippen molar-refractivity contribution in [3.05, 3.63) is 65.5 Å². The van der Waals surface area contributed by atoms with Crippen LogP contribution in [0.25, 0.3) is 11.0 Å². The first kappa shape index (κ1) is 13.5. The maximum atomic E-state index is 4.87. The van der Waals surface area contributed by atoms with Crippen LogP contribution in [0.1, 0.15) is 23.0 Å². The zero-order valence-electron chi connectivity index (χ0n) is 12.5. The Balaban J connectivity index is 1.68. The quantitative estimate of drug-likeness (QED) is 0.695. The lowest BCUT2D eigenvalue weighted by Gasteiger charge is -2.22. The average Bonchev–Trinajstić information content (AvgIpc) is 3.02. The van der Waals surface area contributed by atoms with Crippen LogP contribution in [0, 0.1) is 0 Å². The number of hydrogen-bond acceptors (Lipinski definition) is 3. The molecule has 4 nitrogen and oxygen atoms in total. The van der Waals surface area contributed by atoms with Crippen molar-refractivity contribution in [2.75, 3.05) is 19.6 Å². The van der Waals surface area contributed by atoms with Crippen LogP contribution in [0.2, 0.25) is 0 Å². The highest BCUT2D eigenvalue weighted by Gasteiger charge is 2.18. The number of rotatable bonds is 3. The Bertz CT molecular complexity index is 757. The summed E-state index contributed by atoms with van der Waals surface area (Å²) in [7, 11) is 0. The molecule has 1 aromatic heterocycles. The van der Waals surface area contributed by atoms with Crippen molar-refractivity contribution in [3.8, 4) is 0 Å². The SMILES string of the molecule is c1ccc(Cc2cccc3[nH]c(C4CNCCN4)nc23)cc1. The molecule has 0 amide bonds. The van der Waals surface area contributed by atoms with E-state index in [1.165, 1.54) is 11.1 Å². The number of imidazole rings is 1. The fourth-order valence-electron chi connectivity index (χ4n) is 3.08. The topological polar surface area (TPSA) is 52.7 Å². The third-order valence-electron chi connectivity index (χ3n) is 4.22. The van der Waals surface area contributed by atoms with E-state index in [9.17, 15) is 0 Å². The number of fused-ring (bicyclic) bond motifs is 1. The van der Waals surface area contributed by atoms with Crippen molar-refractivity contribution in [1.82, 2.24) is 20.6 Å². The number of aromatic nitrogens is 2. The normalized spacial score (nSPS) is 18.6. The molecule has 1 aliphatic heterocycles. The number of hydrogen-bond donors (Lipinski definition) is 3. The molecule has 0 bridgehead atoms. The van der Waals surface area contributed by atoms with Crippen LogP contribution >= 0.6 is 0 Å². The van der Waals surface area contributed by atoms with Crippen LogP contribution in [0.5, 0.6) is 0 Å². The van der Waals surface area contributed by atoms with Gasteiger partial charge in [-0.1, -0.05) is 42.5 Å². The van der Waals surface area contributed by atoms with E-state index in [0.717, 1.165) is 42.9 Å². The van der Waals surface area contributed by atoms with Crippen LogP contribution in [0.15, 0.2) is 48.5 Å². The summed E-state index contributed by atoms with van der Waals surface area (Å²) in [5.41, 5.74) is 4.80. The number of nitrogens with zero attached hydrogens (tertiary/aromatic N) is 1. The number of piperazine rings is 1. The molecule has 0 radical (unpaired) electrons. The maximum Gasteiger partial charge on any atom is 0.125 e. The molecule has 4 heteroatoms. The first-order valence-electron chi connectivity index (χ1n) is 7.86. The second kappa shape index (κ2) is 5.91. The summed E-state index contributed by atoms with van der Waals surface area (Å²) in [6.45, 7) is 2.93. The van der Waals surface area contributed by atoms with Gasteiger partial charge >= 0.3 is 0 Å². The zero-order valence-corrected chi connectivity index (χ0v) is 12.5. The molecule has 3 aromatic rings. The van der Waals surface area contributed by atoms with Crippen molar-refractivity contribution in [2.24, 2.45) is 0 Å². The van der Waals surface area contributed by atoms with Gasteiger partial charge in [-0.05, 0) is 23.6 Å². The highest BCUT2D eigenvalue weighted by atomic mass is 15.1. The predicted molar refractivity (Wildman–Crippen MR) is 89.0 cm³/mol. The summed E-state index contributed by atoms with van der Waals surface area (Å²) >= 11 is 0. The Hall–Kier alpha value is -2.17. The average molecular weight is 292 g/mol. The lowest BCUT2D eigenvalue weighted by Crippen LogP contribution is -2.43. The monoisotopic (exact) mass is 292 g/mol. The van der Waals surface area contributed by atoms with E-state index < -0.39 is 0 Å². The minimum absolute atomic E-state index is 0.269. The second-order valence-corrected chi connectivity index (χ2v) is 5.81. The van der Waals surface area contributed by atoms with Gasteiger partial charge in [-0.15, -0.1) is 0 Å². The lowest BCUT2D eigenvalue weighted by atomic mass is 10.0. The number of aromatic amines is 1. The van der Waals surface area contributed by atoms with E-state index in [-0.39, 0.29) is 6.04 Å². The summed E-state index contributed by atoms with van der Waals surface area (Å²) in [4.78, 5) is 8.35. The molecule has 2 aromatic carbocycles. The third kappa shape index (κ3) is 2.63. The minimum Gasteiger partial charge on any atom is -0.341 e. The molecule has 3 N–H and O–H groups in total. The summed E-state index contributed by atoms with van der Waals surface area (Å²) in [6.07, 6.45) is 0.915. The molecule has 0 spiro atoms. The van der Waals surface area contributed by atoms with Crippen LogP contribution < -0.4 is 10.6 Å². The molecule has 1 fully saturated rings. The molecular formula is C18H20N4. The van der Waals surface area contributed by atoms with Gasteiger partial charge < -0.3 is 15.6 Å². The summed E-state index contributed by atoms with van der Waals surface area (Å²) < 4.78 is 0. The van der Waals surface area contributed by atoms with E-state index in [2.05, 4.69) is 64.1 Å². The van der Waals surface area contributed by atoms with Gasteiger partial charge in [0.25, 0.3) is 0 Å². The fraction of sp³-hybridized carbons (Fsp3) is 0.278. The molecule has 0 aliphatic carbocycles. The van der Waals surface area contributed by atoms with Crippen LogP contribution in [0.4, 0.5) is 0 Å². The standard InChI is InChI=1S/C18H20N4/c1-2-5-13(6-3-1)11-14-7-4-8-15-17(14)22-18(21-15)16-12-19-9-10-20-16/h1-8,16,19-20H,9-12H2,(H,21,22). The molecule has 2 heterocycles. The molecule has 1 saturated heterocycles. The van der Waals surface area contributed by atoms with Gasteiger partial charge in [0.15, 0.2) is 0 Å². The largest absolute Gasteiger partial charge is 0.341 e. The number of para-hydroxylation sites is 1. The van der Waals surface area contributed by atoms with E-state index in [0.29, 0.717) is 0 Å². The van der Waals surface area contributed by atoms with Crippen LogP contribution in [-0.2, 0) is 6.42 Å². The van der Waals surface area contributed by atoms with E-state index >= 15 is 0 Å². The Kier molecular flexibility index (Phi) is 3.62. The second-order valence-electron chi connectivity index (χ2n) is 5.81. The van der Waals surface area contributed by atoms with Gasteiger partial charge in [0.2, 0.25) is 0 Å². The van der Waals surface area contributed by atoms with Gasteiger partial charge in [0, 0.05) is 19.6 Å². The molecule has 1 atom stereocenters. The van der Waals surface area contributed by atoms with Gasteiger partial charge in [-0.25, -0.2) is 4.98 Å². The van der Waals surface area contributed by atoms with E-state index in [4.69, 9.17) is 4.98 Å². The minimum atomic E-state index is 0.269. The highest BCUT2D eigenvalue weighted by molar-refractivity contribution is 5.79. The molecule has 0 saturated carbocycles.